The molecule has 1 atom stereocenters. The van der Waals surface area contributed by atoms with Gasteiger partial charge in [-0.3, -0.25) is 4.79 Å². The summed E-state index contributed by atoms with van der Waals surface area (Å²) in [5.41, 5.74) is -0.895. The SMILES string of the molecule is O=C(O)CCC(Cl)c1ccccc1C(F)(F)F. The molecular weight excluding hydrogens is 257 g/mol. The van der Waals surface area contributed by atoms with Crippen LogP contribution in [0.25, 0.3) is 0 Å². The second-order valence-corrected chi connectivity index (χ2v) is 4.01. The van der Waals surface area contributed by atoms with Crippen molar-refractivity contribution in [2.75, 3.05) is 0 Å². The van der Waals surface area contributed by atoms with Gasteiger partial charge in [0.15, 0.2) is 0 Å². The Morgan fingerprint density at radius 1 is 1.35 bits per heavy atom. The molecule has 0 aliphatic carbocycles. The van der Waals surface area contributed by atoms with Gasteiger partial charge in [0.1, 0.15) is 0 Å². The predicted octanol–water partition coefficient (Wildman–Crippen LogP) is 3.85. The lowest BCUT2D eigenvalue weighted by molar-refractivity contribution is -0.138. The van der Waals surface area contributed by atoms with Gasteiger partial charge in [-0.2, -0.15) is 13.2 Å². The molecule has 0 radical (unpaired) electrons. The number of benzene rings is 1. The van der Waals surface area contributed by atoms with Crippen molar-refractivity contribution in [2.24, 2.45) is 0 Å². The van der Waals surface area contributed by atoms with Gasteiger partial charge in [0.25, 0.3) is 0 Å². The molecule has 0 heterocycles. The molecule has 0 bridgehead atoms. The van der Waals surface area contributed by atoms with Gasteiger partial charge in [-0.05, 0) is 18.1 Å². The Balaban J connectivity index is 2.93. The molecule has 17 heavy (non-hydrogen) atoms. The van der Waals surface area contributed by atoms with Crippen LogP contribution in [0.1, 0.15) is 29.3 Å². The van der Waals surface area contributed by atoms with Crippen molar-refractivity contribution < 1.29 is 23.1 Å². The third-order valence-corrected chi connectivity index (χ3v) is 2.67. The van der Waals surface area contributed by atoms with Crippen molar-refractivity contribution >= 4 is 17.6 Å². The highest BCUT2D eigenvalue weighted by molar-refractivity contribution is 6.21. The fourth-order valence-electron chi connectivity index (χ4n) is 1.43. The molecule has 0 fully saturated rings. The van der Waals surface area contributed by atoms with E-state index in [1.54, 1.807) is 0 Å². The molecule has 6 heteroatoms. The first kappa shape index (κ1) is 13.8. The number of hydrogen-bond acceptors (Lipinski definition) is 1. The molecule has 0 saturated heterocycles. The second kappa shape index (κ2) is 5.40. The topological polar surface area (TPSA) is 37.3 Å². The van der Waals surface area contributed by atoms with E-state index in [1.165, 1.54) is 18.2 Å². The summed E-state index contributed by atoms with van der Waals surface area (Å²) in [7, 11) is 0. The van der Waals surface area contributed by atoms with Crippen molar-refractivity contribution in [2.45, 2.75) is 24.4 Å². The highest BCUT2D eigenvalue weighted by Crippen LogP contribution is 2.37. The molecule has 0 aliphatic heterocycles. The van der Waals surface area contributed by atoms with Gasteiger partial charge >= 0.3 is 12.1 Å². The van der Waals surface area contributed by atoms with E-state index in [2.05, 4.69) is 0 Å². The van der Waals surface area contributed by atoms with Crippen LogP contribution < -0.4 is 0 Å². The van der Waals surface area contributed by atoms with Crippen LogP contribution in [0, 0.1) is 0 Å². The van der Waals surface area contributed by atoms with E-state index in [-0.39, 0.29) is 18.4 Å². The first-order valence-corrected chi connectivity index (χ1v) is 5.28. The zero-order valence-electron chi connectivity index (χ0n) is 8.67. The second-order valence-electron chi connectivity index (χ2n) is 3.48. The lowest BCUT2D eigenvalue weighted by Gasteiger charge is -2.16. The first-order chi connectivity index (χ1) is 7.82. The Hall–Kier alpha value is -1.23. The van der Waals surface area contributed by atoms with Gasteiger partial charge in [0, 0.05) is 6.42 Å². The molecule has 0 aliphatic rings. The molecule has 1 unspecified atom stereocenters. The molecule has 2 nitrogen and oxygen atoms in total. The highest BCUT2D eigenvalue weighted by atomic mass is 35.5. The van der Waals surface area contributed by atoms with Crippen LogP contribution in [-0.4, -0.2) is 11.1 Å². The number of halogens is 4. The van der Waals surface area contributed by atoms with Gasteiger partial charge in [-0.1, -0.05) is 18.2 Å². The van der Waals surface area contributed by atoms with E-state index in [9.17, 15) is 18.0 Å². The summed E-state index contributed by atoms with van der Waals surface area (Å²) in [4.78, 5) is 10.3. The van der Waals surface area contributed by atoms with Crippen LogP contribution >= 0.6 is 11.6 Å². The Bertz CT molecular complexity index is 404. The maximum Gasteiger partial charge on any atom is 0.416 e. The summed E-state index contributed by atoms with van der Waals surface area (Å²) >= 11 is 5.80. The zero-order chi connectivity index (χ0) is 13.1. The maximum absolute atomic E-state index is 12.6. The van der Waals surface area contributed by atoms with Crippen molar-refractivity contribution in [3.63, 3.8) is 0 Å². The summed E-state index contributed by atoms with van der Waals surface area (Å²) in [6.45, 7) is 0. The third kappa shape index (κ3) is 3.93. The zero-order valence-corrected chi connectivity index (χ0v) is 9.42. The molecule has 0 aromatic heterocycles. The summed E-state index contributed by atoms with van der Waals surface area (Å²) in [6.07, 6.45) is -4.78. The van der Waals surface area contributed by atoms with E-state index in [4.69, 9.17) is 16.7 Å². The Morgan fingerprint density at radius 2 is 1.94 bits per heavy atom. The molecule has 1 rings (SSSR count). The Kier molecular flexibility index (Phi) is 4.40. The van der Waals surface area contributed by atoms with Crippen LogP contribution in [0.2, 0.25) is 0 Å². The van der Waals surface area contributed by atoms with Crippen LogP contribution in [-0.2, 0) is 11.0 Å². The molecule has 0 spiro atoms. The normalized spacial score (nSPS) is 13.4. The molecular formula is C11H10ClF3O2. The van der Waals surface area contributed by atoms with Crippen molar-refractivity contribution in [3.8, 4) is 0 Å². The van der Waals surface area contributed by atoms with E-state index >= 15 is 0 Å². The number of rotatable bonds is 4. The lowest BCUT2D eigenvalue weighted by atomic mass is 10.0. The Labute approximate surface area is 101 Å². The summed E-state index contributed by atoms with van der Waals surface area (Å²) in [5, 5.41) is 7.50. The number of aliphatic carboxylic acids is 1. The molecule has 94 valence electrons. The van der Waals surface area contributed by atoms with E-state index in [1.807, 2.05) is 0 Å². The summed E-state index contributed by atoms with van der Waals surface area (Å²) in [6, 6.07) is 4.92. The van der Waals surface area contributed by atoms with Crippen molar-refractivity contribution in [3.05, 3.63) is 35.4 Å². The number of carbonyl (C=O) groups is 1. The lowest BCUT2D eigenvalue weighted by Crippen LogP contribution is -2.10. The third-order valence-electron chi connectivity index (χ3n) is 2.22. The van der Waals surface area contributed by atoms with Gasteiger partial charge in [-0.25, -0.2) is 0 Å². The highest BCUT2D eigenvalue weighted by Gasteiger charge is 2.34. The fourth-order valence-corrected chi connectivity index (χ4v) is 1.73. The van der Waals surface area contributed by atoms with E-state index < -0.39 is 23.1 Å². The molecule has 1 N–H and O–H groups in total. The quantitative estimate of drug-likeness (QED) is 0.841. The minimum absolute atomic E-state index is 0.0377. The number of carboxylic acid groups (broad SMARTS) is 1. The minimum atomic E-state index is -4.48. The smallest absolute Gasteiger partial charge is 0.416 e. The van der Waals surface area contributed by atoms with Crippen LogP contribution in [0.15, 0.2) is 24.3 Å². The molecule has 1 aromatic carbocycles. The van der Waals surface area contributed by atoms with Gasteiger partial charge < -0.3 is 5.11 Å². The van der Waals surface area contributed by atoms with E-state index in [0.717, 1.165) is 6.07 Å². The molecule has 1 aromatic rings. The molecule has 0 saturated carbocycles. The fraction of sp³-hybridized carbons (Fsp3) is 0.364. The molecule has 0 amide bonds. The van der Waals surface area contributed by atoms with Crippen LogP contribution in [0.5, 0.6) is 0 Å². The average Bonchev–Trinajstić information content (AvgIpc) is 2.24. The summed E-state index contributed by atoms with van der Waals surface area (Å²) in [5.74, 6) is -1.08. The first-order valence-electron chi connectivity index (χ1n) is 4.84. The number of hydrogen-bond donors (Lipinski definition) is 1. The predicted molar refractivity (Wildman–Crippen MR) is 56.9 cm³/mol. The summed E-state index contributed by atoms with van der Waals surface area (Å²) < 4.78 is 37.9. The van der Waals surface area contributed by atoms with Crippen molar-refractivity contribution in [1.82, 2.24) is 0 Å². The maximum atomic E-state index is 12.6. The van der Waals surface area contributed by atoms with Gasteiger partial charge in [0.2, 0.25) is 0 Å². The Morgan fingerprint density at radius 3 is 2.47 bits per heavy atom. The van der Waals surface area contributed by atoms with E-state index in [0.29, 0.717) is 0 Å². The van der Waals surface area contributed by atoms with Crippen LogP contribution in [0.3, 0.4) is 0 Å². The standard InChI is InChI=1S/C11H10ClF3O2/c12-9(5-6-10(16)17)7-3-1-2-4-8(7)11(13,14)15/h1-4,9H,5-6H2,(H,16,17). The minimum Gasteiger partial charge on any atom is -0.481 e. The van der Waals surface area contributed by atoms with Crippen LogP contribution in [0.4, 0.5) is 13.2 Å². The number of carboxylic acids is 1. The van der Waals surface area contributed by atoms with Crippen molar-refractivity contribution in [1.29, 1.82) is 0 Å². The largest absolute Gasteiger partial charge is 0.481 e. The van der Waals surface area contributed by atoms with Gasteiger partial charge in [0.05, 0.1) is 10.9 Å². The number of alkyl halides is 4. The van der Waals surface area contributed by atoms with Gasteiger partial charge in [-0.15, -0.1) is 11.6 Å². The average molecular weight is 267 g/mol. The monoisotopic (exact) mass is 266 g/mol.